The second-order valence-electron chi connectivity index (χ2n) is 4.03. The van der Waals surface area contributed by atoms with E-state index in [1.54, 1.807) is 0 Å². The van der Waals surface area contributed by atoms with E-state index in [0.29, 0.717) is 13.2 Å². The molecule has 2 heteroatoms. The molecule has 0 aromatic carbocycles. The van der Waals surface area contributed by atoms with Gasteiger partial charge in [-0.25, -0.2) is 0 Å². The van der Waals surface area contributed by atoms with Crippen LogP contribution >= 0.6 is 0 Å². The molecular formula is C12H22O2. The van der Waals surface area contributed by atoms with Gasteiger partial charge in [-0.3, -0.25) is 0 Å². The minimum absolute atomic E-state index is 0.169. The van der Waals surface area contributed by atoms with E-state index in [-0.39, 0.29) is 11.5 Å². The Morgan fingerprint density at radius 1 is 1.36 bits per heavy atom. The predicted octanol–water partition coefficient (Wildman–Crippen LogP) is 2.48. The fourth-order valence-electron chi connectivity index (χ4n) is 0.901. The Balaban J connectivity index is 3.78. The molecule has 0 N–H and O–H groups in total. The summed E-state index contributed by atoms with van der Waals surface area (Å²) in [5.74, 6) is 2.71. The molecule has 0 aliphatic heterocycles. The fraction of sp³-hybridized carbons (Fsp3) is 0.833. The fourth-order valence-corrected chi connectivity index (χ4v) is 0.901. The molecule has 82 valence electrons. The Kier molecular flexibility index (Phi) is 6.61. The standard InChI is InChI=1S/C12H22O2/c1-6-11(9-13-8-3)14-10-12(4,5)7-2/h2,11H,6,8-10H2,1,3-5H3. The Hall–Kier alpha value is -0.520. The van der Waals surface area contributed by atoms with Crippen molar-refractivity contribution in [2.24, 2.45) is 5.41 Å². The molecular weight excluding hydrogens is 176 g/mol. The molecule has 0 aromatic rings. The zero-order valence-corrected chi connectivity index (χ0v) is 9.80. The highest BCUT2D eigenvalue weighted by molar-refractivity contribution is 5.00. The van der Waals surface area contributed by atoms with Crippen LogP contribution in [0.4, 0.5) is 0 Å². The van der Waals surface area contributed by atoms with E-state index in [1.807, 2.05) is 20.8 Å². The molecule has 2 nitrogen and oxygen atoms in total. The van der Waals surface area contributed by atoms with E-state index in [0.717, 1.165) is 13.0 Å². The Labute approximate surface area is 88.0 Å². The average Bonchev–Trinajstić information content (AvgIpc) is 2.18. The smallest absolute Gasteiger partial charge is 0.0806 e. The van der Waals surface area contributed by atoms with Gasteiger partial charge in [0.1, 0.15) is 0 Å². The zero-order valence-electron chi connectivity index (χ0n) is 9.80. The van der Waals surface area contributed by atoms with Gasteiger partial charge in [-0.15, -0.1) is 6.42 Å². The van der Waals surface area contributed by atoms with Gasteiger partial charge < -0.3 is 9.47 Å². The van der Waals surface area contributed by atoms with Crippen LogP contribution in [0.25, 0.3) is 0 Å². The van der Waals surface area contributed by atoms with Gasteiger partial charge in [0.05, 0.1) is 19.3 Å². The third-order valence-corrected chi connectivity index (χ3v) is 2.03. The summed E-state index contributed by atoms with van der Waals surface area (Å²) >= 11 is 0. The van der Waals surface area contributed by atoms with Crippen molar-refractivity contribution >= 4 is 0 Å². The van der Waals surface area contributed by atoms with Crippen LogP contribution in [0.1, 0.15) is 34.1 Å². The topological polar surface area (TPSA) is 18.5 Å². The van der Waals surface area contributed by atoms with Crippen LogP contribution in [-0.4, -0.2) is 25.9 Å². The molecule has 0 saturated carbocycles. The van der Waals surface area contributed by atoms with Gasteiger partial charge in [-0.05, 0) is 27.2 Å². The van der Waals surface area contributed by atoms with Crippen LogP contribution < -0.4 is 0 Å². The van der Waals surface area contributed by atoms with Gasteiger partial charge in [0.25, 0.3) is 0 Å². The van der Waals surface area contributed by atoms with Crippen LogP contribution in [0, 0.1) is 17.8 Å². The maximum atomic E-state index is 5.68. The lowest BCUT2D eigenvalue weighted by Crippen LogP contribution is -2.26. The highest BCUT2D eigenvalue weighted by atomic mass is 16.5. The number of terminal acetylenes is 1. The van der Waals surface area contributed by atoms with Crippen molar-refractivity contribution in [1.82, 2.24) is 0 Å². The molecule has 0 heterocycles. The number of rotatable bonds is 7. The lowest BCUT2D eigenvalue weighted by atomic mass is 9.96. The zero-order chi connectivity index (χ0) is 11.0. The molecule has 14 heavy (non-hydrogen) atoms. The van der Waals surface area contributed by atoms with E-state index in [4.69, 9.17) is 15.9 Å². The maximum Gasteiger partial charge on any atom is 0.0806 e. The SMILES string of the molecule is C#CC(C)(C)COC(CC)COCC. The van der Waals surface area contributed by atoms with Gasteiger partial charge in [0, 0.05) is 12.0 Å². The molecule has 1 unspecified atom stereocenters. The molecule has 0 aromatic heterocycles. The molecule has 0 rings (SSSR count). The molecule has 0 aliphatic carbocycles. The van der Waals surface area contributed by atoms with Crippen molar-refractivity contribution in [2.75, 3.05) is 19.8 Å². The van der Waals surface area contributed by atoms with Gasteiger partial charge in [-0.2, -0.15) is 0 Å². The number of hydrogen-bond donors (Lipinski definition) is 0. The minimum atomic E-state index is -0.181. The summed E-state index contributed by atoms with van der Waals surface area (Å²) in [6.45, 7) is 10.1. The van der Waals surface area contributed by atoms with Crippen molar-refractivity contribution in [3.8, 4) is 12.3 Å². The van der Waals surface area contributed by atoms with E-state index in [1.165, 1.54) is 0 Å². The third kappa shape index (κ3) is 6.01. The van der Waals surface area contributed by atoms with Gasteiger partial charge in [-0.1, -0.05) is 12.8 Å². The Bertz CT molecular complexity index is 179. The van der Waals surface area contributed by atoms with E-state index in [9.17, 15) is 0 Å². The number of ether oxygens (including phenoxy) is 2. The van der Waals surface area contributed by atoms with Crippen LogP contribution in [0.15, 0.2) is 0 Å². The highest BCUT2D eigenvalue weighted by Crippen LogP contribution is 2.15. The maximum absolute atomic E-state index is 5.68. The molecule has 0 amide bonds. The normalized spacial score (nSPS) is 13.6. The van der Waals surface area contributed by atoms with Crippen LogP contribution in [0.2, 0.25) is 0 Å². The summed E-state index contributed by atoms with van der Waals surface area (Å²) in [7, 11) is 0. The quantitative estimate of drug-likeness (QED) is 0.585. The molecule has 0 bridgehead atoms. The molecule has 0 spiro atoms. The first-order chi connectivity index (χ1) is 6.55. The van der Waals surface area contributed by atoms with Crippen LogP contribution in [0.3, 0.4) is 0 Å². The van der Waals surface area contributed by atoms with Crippen molar-refractivity contribution in [1.29, 1.82) is 0 Å². The first-order valence-corrected chi connectivity index (χ1v) is 5.22. The van der Waals surface area contributed by atoms with Gasteiger partial charge in [0.2, 0.25) is 0 Å². The molecule has 1 atom stereocenters. The monoisotopic (exact) mass is 198 g/mol. The lowest BCUT2D eigenvalue weighted by Gasteiger charge is -2.22. The summed E-state index contributed by atoms with van der Waals surface area (Å²) in [4.78, 5) is 0. The first kappa shape index (κ1) is 13.5. The molecule has 0 radical (unpaired) electrons. The summed E-state index contributed by atoms with van der Waals surface area (Å²) in [6.07, 6.45) is 6.50. The summed E-state index contributed by atoms with van der Waals surface area (Å²) < 4.78 is 11.0. The second-order valence-corrected chi connectivity index (χ2v) is 4.03. The largest absolute Gasteiger partial charge is 0.379 e. The minimum Gasteiger partial charge on any atom is -0.379 e. The second kappa shape index (κ2) is 6.86. The molecule has 0 aliphatic rings. The van der Waals surface area contributed by atoms with Crippen LogP contribution in [-0.2, 0) is 9.47 Å². The third-order valence-electron chi connectivity index (χ3n) is 2.03. The lowest BCUT2D eigenvalue weighted by molar-refractivity contribution is -0.0335. The average molecular weight is 198 g/mol. The highest BCUT2D eigenvalue weighted by Gasteiger charge is 2.17. The van der Waals surface area contributed by atoms with Crippen molar-refractivity contribution < 1.29 is 9.47 Å². The summed E-state index contributed by atoms with van der Waals surface area (Å²) in [6, 6.07) is 0. The van der Waals surface area contributed by atoms with Crippen molar-refractivity contribution in [2.45, 2.75) is 40.2 Å². The molecule has 0 fully saturated rings. The number of hydrogen-bond acceptors (Lipinski definition) is 2. The Morgan fingerprint density at radius 2 is 2.00 bits per heavy atom. The Morgan fingerprint density at radius 3 is 2.43 bits per heavy atom. The van der Waals surface area contributed by atoms with Crippen molar-refractivity contribution in [3.05, 3.63) is 0 Å². The van der Waals surface area contributed by atoms with Gasteiger partial charge >= 0.3 is 0 Å². The first-order valence-electron chi connectivity index (χ1n) is 5.22. The van der Waals surface area contributed by atoms with E-state index < -0.39 is 0 Å². The predicted molar refractivity (Wildman–Crippen MR) is 59.1 cm³/mol. The summed E-state index contributed by atoms with van der Waals surface area (Å²) in [5.41, 5.74) is -0.181. The van der Waals surface area contributed by atoms with E-state index >= 15 is 0 Å². The van der Waals surface area contributed by atoms with Crippen LogP contribution in [0.5, 0.6) is 0 Å². The van der Waals surface area contributed by atoms with Gasteiger partial charge in [0.15, 0.2) is 0 Å². The molecule has 0 saturated heterocycles. The van der Waals surface area contributed by atoms with Crippen molar-refractivity contribution in [3.63, 3.8) is 0 Å². The summed E-state index contributed by atoms with van der Waals surface area (Å²) in [5, 5.41) is 0. The van der Waals surface area contributed by atoms with E-state index in [2.05, 4.69) is 12.8 Å².